The molecule has 0 aliphatic carbocycles. The standard InChI is InChI=1S/C10H20N2O3/c1-7(12-10(13)8(2)11)5-15-9-3-4-14-6-9/h7-9H,3-6,11H2,1-2H3,(H,12,13). The van der Waals surface area contributed by atoms with Crippen LogP contribution in [0.2, 0.25) is 0 Å². The Hall–Kier alpha value is -0.650. The van der Waals surface area contributed by atoms with Crippen molar-refractivity contribution in [2.45, 2.75) is 38.5 Å². The lowest BCUT2D eigenvalue weighted by Crippen LogP contribution is -2.44. The molecule has 0 radical (unpaired) electrons. The van der Waals surface area contributed by atoms with Crippen molar-refractivity contribution >= 4 is 5.91 Å². The van der Waals surface area contributed by atoms with Gasteiger partial charge >= 0.3 is 0 Å². The molecular weight excluding hydrogens is 196 g/mol. The lowest BCUT2D eigenvalue weighted by molar-refractivity contribution is -0.123. The zero-order valence-electron chi connectivity index (χ0n) is 9.36. The van der Waals surface area contributed by atoms with E-state index in [1.807, 2.05) is 6.92 Å². The van der Waals surface area contributed by atoms with E-state index in [2.05, 4.69) is 5.32 Å². The molecule has 1 amide bonds. The first-order valence-electron chi connectivity index (χ1n) is 5.35. The van der Waals surface area contributed by atoms with Crippen LogP contribution in [0, 0.1) is 0 Å². The Morgan fingerprint density at radius 1 is 1.67 bits per heavy atom. The van der Waals surface area contributed by atoms with Gasteiger partial charge in [-0.05, 0) is 20.3 Å². The van der Waals surface area contributed by atoms with E-state index in [-0.39, 0.29) is 18.1 Å². The second-order valence-corrected chi connectivity index (χ2v) is 4.02. The van der Waals surface area contributed by atoms with Crippen molar-refractivity contribution in [2.24, 2.45) is 5.73 Å². The van der Waals surface area contributed by atoms with Crippen LogP contribution in [0.3, 0.4) is 0 Å². The number of rotatable bonds is 5. The van der Waals surface area contributed by atoms with Gasteiger partial charge in [-0.3, -0.25) is 4.79 Å². The predicted octanol–water partition coefficient (Wildman–Crippen LogP) is -0.356. The lowest BCUT2D eigenvalue weighted by Gasteiger charge is -2.17. The summed E-state index contributed by atoms with van der Waals surface area (Å²) in [6, 6.07) is -0.480. The largest absolute Gasteiger partial charge is 0.379 e. The summed E-state index contributed by atoms with van der Waals surface area (Å²) in [5.74, 6) is -0.145. The SMILES string of the molecule is CC(COC1CCOC1)NC(=O)C(C)N. The van der Waals surface area contributed by atoms with Gasteiger partial charge in [-0.15, -0.1) is 0 Å². The number of ether oxygens (including phenoxy) is 2. The highest BCUT2D eigenvalue weighted by atomic mass is 16.5. The van der Waals surface area contributed by atoms with Crippen molar-refractivity contribution in [2.75, 3.05) is 19.8 Å². The molecule has 0 spiro atoms. The van der Waals surface area contributed by atoms with Crippen LogP contribution in [-0.2, 0) is 14.3 Å². The van der Waals surface area contributed by atoms with Crippen molar-refractivity contribution in [1.29, 1.82) is 0 Å². The van der Waals surface area contributed by atoms with Crippen LogP contribution in [0.4, 0.5) is 0 Å². The Morgan fingerprint density at radius 3 is 2.93 bits per heavy atom. The second-order valence-electron chi connectivity index (χ2n) is 4.02. The van der Waals surface area contributed by atoms with Gasteiger partial charge in [-0.2, -0.15) is 0 Å². The molecule has 1 saturated heterocycles. The normalized spacial score (nSPS) is 24.9. The average Bonchev–Trinajstić information content (AvgIpc) is 2.66. The van der Waals surface area contributed by atoms with E-state index < -0.39 is 6.04 Å². The van der Waals surface area contributed by atoms with Crippen LogP contribution in [0.1, 0.15) is 20.3 Å². The van der Waals surface area contributed by atoms with Crippen molar-refractivity contribution in [3.63, 3.8) is 0 Å². The van der Waals surface area contributed by atoms with E-state index in [0.29, 0.717) is 13.2 Å². The van der Waals surface area contributed by atoms with Gasteiger partial charge in [0.15, 0.2) is 0 Å². The Morgan fingerprint density at radius 2 is 2.40 bits per heavy atom. The van der Waals surface area contributed by atoms with Crippen molar-refractivity contribution < 1.29 is 14.3 Å². The number of amides is 1. The summed E-state index contributed by atoms with van der Waals surface area (Å²) in [5.41, 5.74) is 5.43. The quantitative estimate of drug-likeness (QED) is 0.658. The maximum atomic E-state index is 11.2. The Balaban J connectivity index is 2.12. The van der Waals surface area contributed by atoms with Gasteiger partial charge < -0.3 is 20.5 Å². The van der Waals surface area contributed by atoms with Crippen LogP contribution in [0.15, 0.2) is 0 Å². The molecular formula is C10H20N2O3. The molecule has 1 heterocycles. The third kappa shape index (κ3) is 4.59. The number of carbonyl (C=O) groups excluding carboxylic acids is 1. The fourth-order valence-electron chi connectivity index (χ4n) is 1.34. The molecule has 0 aromatic heterocycles. The van der Waals surface area contributed by atoms with Crippen molar-refractivity contribution in [1.82, 2.24) is 5.32 Å². The smallest absolute Gasteiger partial charge is 0.236 e. The molecule has 1 rings (SSSR count). The number of nitrogens with two attached hydrogens (primary N) is 1. The summed E-state index contributed by atoms with van der Waals surface area (Å²) >= 11 is 0. The van der Waals surface area contributed by atoms with Crippen LogP contribution in [0.5, 0.6) is 0 Å². The minimum absolute atomic E-state index is 0.0101. The van der Waals surface area contributed by atoms with Gasteiger partial charge in [0, 0.05) is 12.6 Å². The van der Waals surface area contributed by atoms with E-state index in [9.17, 15) is 4.79 Å². The maximum Gasteiger partial charge on any atom is 0.236 e. The van der Waals surface area contributed by atoms with E-state index in [4.69, 9.17) is 15.2 Å². The molecule has 0 aromatic carbocycles. The fourth-order valence-corrected chi connectivity index (χ4v) is 1.34. The molecule has 1 fully saturated rings. The van der Waals surface area contributed by atoms with E-state index in [1.165, 1.54) is 0 Å². The Bertz CT molecular complexity index is 203. The first kappa shape index (κ1) is 12.4. The number of hydrogen-bond donors (Lipinski definition) is 2. The predicted molar refractivity (Wildman–Crippen MR) is 56.4 cm³/mol. The molecule has 15 heavy (non-hydrogen) atoms. The minimum atomic E-state index is -0.470. The third-order valence-corrected chi connectivity index (χ3v) is 2.27. The molecule has 3 N–H and O–H groups in total. The highest BCUT2D eigenvalue weighted by Crippen LogP contribution is 2.08. The van der Waals surface area contributed by atoms with Crippen molar-refractivity contribution in [3.05, 3.63) is 0 Å². The van der Waals surface area contributed by atoms with Gasteiger partial charge in [0.25, 0.3) is 0 Å². The van der Waals surface area contributed by atoms with Crippen LogP contribution < -0.4 is 11.1 Å². The first-order chi connectivity index (χ1) is 7.09. The molecule has 3 unspecified atom stereocenters. The summed E-state index contributed by atoms with van der Waals surface area (Å²) in [6.45, 7) is 5.50. The summed E-state index contributed by atoms with van der Waals surface area (Å²) in [4.78, 5) is 11.2. The molecule has 0 saturated carbocycles. The van der Waals surface area contributed by atoms with Gasteiger partial charge in [0.1, 0.15) is 0 Å². The highest BCUT2D eigenvalue weighted by Gasteiger charge is 2.18. The van der Waals surface area contributed by atoms with Gasteiger partial charge in [-0.1, -0.05) is 0 Å². The van der Waals surface area contributed by atoms with Gasteiger partial charge in [0.2, 0.25) is 5.91 Å². The molecule has 5 heteroatoms. The zero-order valence-corrected chi connectivity index (χ0v) is 9.36. The minimum Gasteiger partial charge on any atom is -0.379 e. The summed E-state index contributed by atoms with van der Waals surface area (Å²) in [7, 11) is 0. The summed E-state index contributed by atoms with van der Waals surface area (Å²) in [6.07, 6.45) is 1.12. The first-order valence-corrected chi connectivity index (χ1v) is 5.35. The lowest BCUT2D eigenvalue weighted by atomic mass is 10.3. The maximum absolute atomic E-state index is 11.2. The van der Waals surface area contributed by atoms with Gasteiger partial charge in [-0.25, -0.2) is 0 Å². The molecule has 5 nitrogen and oxygen atoms in total. The van der Waals surface area contributed by atoms with E-state index in [1.54, 1.807) is 6.92 Å². The molecule has 1 aliphatic rings. The molecule has 0 bridgehead atoms. The van der Waals surface area contributed by atoms with Crippen LogP contribution >= 0.6 is 0 Å². The Labute approximate surface area is 90.3 Å². The topological polar surface area (TPSA) is 73.6 Å². The zero-order chi connectivity index (χ0) is 11.3. The molecule has 1 aliphatic heterocycles. The fraction of sp³-hybridized carbons (Fsp3) is 0.900. The van der Waals surface area contributed by atoms with Crippen LogP contribution in [-0.4, -0.2) is 43.9 Å². The highest BCUT2D eigenvalue weighted by molar-refractivity contribution is 5.81. The number of hydrogen-bond acceptors (Lipinski definition) is 4. The third-order valence-electron chi connectivity index (χ3n) is 2.27. The summed E-state index contributed by atoms with van der Waals surface area (Å²) in [5, 5.41) is 2.77. The average molecular weight is 216 g/mol. The van der Waals surface area contributed by atoms with Crippen molar-refractivity contribution in [3.8, 4) is 0 Å². The monoisotopic (exact) mass is 216 g/mol. The van der Waals surface area contributed by atoms with Gasteiger partial charge in [0.05, 0.1) is 25.4 Å². The Kier molecular flexibility index (Phi) is 5.01. The number of nitrogens with one attached hydrogen (secondary N) is 1. The second kappa shape index (κ2) is 6.05. The summed E-state index contributed by atoms with van der Waals surface area (Å²) < 4.78 is 10.7. The van der Waals surface area contributed by atoms with Crippen LogP contribution in [0.25, 0.3) is 0 Å². The van der Waals surface area contributed by atoms with E-state index >= 15 is 0 Å². The molecule has 88 valence electrons. The van der Waals surface area contributed by atoms with E-state index in [0.717, 1.165) is 13.0 Å². The number of carbonyl (C=O) groups is 1. The molecule has 3 atom stereocenters. The molecule has 0 aromatic rings.